The molecular formula is C12H20ClN3. The molecule has 0 aliphatic heterocycles. The van der Waals surface area contributed by atoms with E-state index in [4.69, 9.17) is 11.6 Å². The quantitative estimate of drug-likeness (QED) is 0.800. The summed E-state index contributed by atoms with van der Waals surface area (Å²) in [4.78, 5) is 8.64. The van der Waals surface area contributed by atoms with Crippen molar-refractivity contribution in [3.05, 3.63) is 17.0 Å². The molecule has 4 heteroatoms. The summed E-state index contributed by atoms with van der Waals surface area (Å²) in [5, 5.41) is 3.88. The Balaban J connectivity index is 2.87. The molecule has 90 valence electrons. The topological polar surface area (TPSA) is 37.8 Å². The molecule has 1 N–H and O–H groups in total. The van der Waals surface area contributed by atoms with E-state index in [1.165, 1.54) is 0 Å². The predicted octanol–water partition coefficient (Wildman–Crippen LogP) is 3.68. The van der Waals surface area contributed by atoms with Crippen LogP contribution < -0.4 is 5.32 Å². The van der Waals surface area contributed by atoms with E-state index >= 15 is 0 Å². The lowest BCUT2D eigenvalue weighted by molar-refractivity contribution is 0.544. The van der Waals surface area contributed by atoms with E-state index in [1.807, 2.05) is 0 Å². The van der Waals surface area contributed by atoms with Crippen LogP contribution in [0.3, 0.4) is 0 Å². The number of halogens is 1. The largest absolute Gasteiger partial charge is 0.365 e. The van der Waals surface area contributed by atoms with Crippen LogP contribution in [0.25, 0.3) is 0 Å². The van der Waals surface area contributed by atoms with Crippen molar-refractivity contribution in [2.24, 2.45) is 0 Å². The molecule has 0 saturated heterocycles. The van der Waals surface area contributed by atoms with E-state index in [9.17, 15) is 0 Å². The molecule has 0 aliphatic carbocycles. The zero-order valence-electron chi connectivity index (χ0n) is 10.5. The summed E-state index contributed by atoms with van der Waals surface area (Å²) in [7, 11) is 0. The van der Waals surface area contributed by atoms with Gasteiger partial charge in [-0.05, 0) is 26.7 Å². The standard InChI is InChI=1S/C12H20ClN3/c1-5-7-10-14-9(13)8-11(15-10)16-12(3,4)6-2/h8H,5-7H2,1-4H3,(H,14,15,16). The van der Waals surface area contributed by atoms with Gasteiger partial charge in [-0.1, -0.05) is 25.4 Å². The minimum Gasteiger partial charge on any atom is -0.365 e. The summed E-state index contributed by atoms with van der Waals surface area (Å²) in [6, 6.07) is 1.78. The first-order valence-electron chi connectivity index (χ1n) is 5.78. The van der Waals surface area contributed by atoms with Gasteiger partial charge in [-0.15, -0.1) is 0 Å². The average Bonchev–Trinajstić information content (AvgIpc) is 2.16. The molecule has 0 bridgehead atoms. The Labute approximate surface area is 103 Å². The van der Waals surface area contributed by atoms with Crippen molar-refractivity contribution >= 4 is 17.4 Å². The van der Waals surface area contributed by atoms with Crippen molar-refractivity contribution in [2.75, 3.05) is 5.32 Å². The third-order valence-electron chi connectivity index (χ3n) is 2.57. The second kappa shape index (κ2) is 5.48. The van der Waals surface area contributed by atoms with Gasteiger partial charge in [0, 0.05) is 18.0 Å². The van der Waals surface area contributed by atoms with Crippen molar-refractivity contribution in [1.82, 2.24) is 9.97 Å². The lowest BCUT2D eigenvalue weighted by Crippen LogP contribution is -2.30. The Morgan fingerprint density at radius 3 is 2.56 bits per heavy atom. The lowest BCUT2D eigenvalue weighted by atomic mass is 10.0. The Bertz CT molecular complexity index is 350. The molecule has 0 spiro atoms. The Morgan fingerprint density at radius 2 is 2.00 bits per heavy atom. The van der Waals surface area contributed by atoms with E-state index in [0.29, 0.717) is 5.15 Å². The minimum atomic E-state index is 0.0289. The second-order valence-corrected chi connectivity index (χ2v) is 4.99. The first-order chi connectivity index (χ1) is 7.46. The maximum absolute atomic E-state index is 5.97. The molecule has 1 heterocycles. The van der Waals surface area contributed by atoms with Gasteiger partial charge in [0.05, 0.1) is 0 Å². The number of aromatic nitrogens is 2. The van der Waals surface area contributed by atoms with Gasteiger partial charge in [0.25, 0.3) is 0 Å². The number of rotatable bonds is 5. The lowest BCUT2D eigenvalue weighted by Gasteiger charge is -2.25. The van der Waals surface area contributed by atoms with Gasteiger partial charge in [0.2, 0.25) is 0 Å². The van der Waals surface area contributed by atoms with Crippen LogP contribution >= 0.6 is 11.6 Å². The van der Waals surface area contributed by atoms with Crippen LogP contribution in [0.4, 0.5) is 5.82 Å². The number of hydrogen-bond donors (Lipinski definition) is 1. The number of aryl methyl sites for hydroxylation is 1. The second-order valence-electron chi connectivity index (χ2n) is 4.60. The number of nitrogens with one attached hydrogen (secondary N) is 1. The van der Waals surface area contributed by atoms with Gasteiger partial charge < -0.3 is 5.32 Å². The highest BCUT2D eigenvalue weighted by Gasteiger charge is 2.15. The smallest absolute Gasteiger partial charge is 0.134 e. The number of hydrogen-bond acceptors (Lipinski definition) is 3. The van der Waals surface area contributed by atoms with E-state index in [1.54, 1.807) is 6.07 Å². The molecule has 1 aromatic rings. The van der Waals surface area contributed by atoms with E-state index in [2.05, 4.69) is 43.0 Å². The summed E-state index contributed by atoms with van der Waals surface area (Å²) in [5.41, 5.74) is 0.0289. The Morgan fingerprint density at radius 1 is 1.31 bits per heavy atom. The van der Waals surface area contributed by atoms with Gasteiger partial charge in [0.1, 0.15) is 16.8 Å². The van der Waals surface area contributed by atoms with E-state index in [0.717, 1.165) is 30.9 Å². The zero-order valence-corrected chi connectivity index (χ0v) is 11.2. The fraction of sp³-hybridized carbons (Fsp3) is 0.667. The molecule has 0 fully saturated rings. The van der Waals surface area contributed by atoms with Crippen molar-refractivity contribution in [3.63, 3.8) is 0 Å². The van der Waals surface area contributed by atoms with Crippen molar-refractivity contribution < 1.29 is 0 Å². The summed E-state index contributed by atoms with van der Waals surface area (Å²) in [5.74, 6) is 1.62. The summed E-state index contributed by atoms with van der Waals surface area (Å²) in [6.45, 7) is 8.53. The monoisotopic (exact) mass is 241 g/mol. The maximum atomic E-state index is 5.97. The van der Waals surface area contributed by atoms with Gasteiger partial charge in [-0.3, -0.25) is 0 Å². The molecule has 0 atom stereocenters. The third-order valence-corrected chi connectivity index (χ3v) is 2.76. The Hall–Kier alpha value is -0.830. The van der Waals surface area contributed by atoms with Gasteiger partial charge in [-0.2, -0.15) is 0 Å². The molecule has 0 saturated carbocycles. The van der Waals surface area contributed by atoms with Gasteiger partial charge >= 0.3 is 0 Å². The van der Waals surface area contributed by atoms with Crippen LogP contribution in [0.1, 0.15) is 46.4 Å². The molecule has 0 amide bonds. The molecule has 16 heavy (non-hydrogen) atoms. The highest BCUT2D eigenvalue weighted by Crippen LogP contribution is 2.19. The van der Waals surface area contributed by atoms with Crippen LogP contribution in [0, 0.1) is 0 Å². The number of anilines is 1. The molecule has 0 unspecified atom stereocenters. The van der Waals surface area contributed by atoms with Crippen molar-refractivity contribution in [3.8, 4) is 0 Å². The average molecular weight is 242 g/mol. The predicted molar refractivity (Wildman–Crippen MR) is 69.0 cm³/mol. The molecule has 0 aromatic carbocycles. The Kier molecular flexibility index (Phi) is 4.54. The molecule has 1 aromatic heterocycles. The van der Waals surface area contributed by atoms with E-state index in [-0.39, 0.29) is 5.54 Å². The summed E-state index contributed by atoms with van der Waals surface area (Å²) >= 11 is 5.97. The first-order valence-corrected chi connectivity index (χ1v) is 6.16. The molecule has 0 radical (unpaired) electrons. The van der Waals surface area contributed by atoms with Crippen LogP contribution in [0.5, 0.6) is 0 Å². The SMILES string of the molecule is CCCc1nc(Cl)cc(NC(C)(C)CC)n1. The van der Waals surface area contributed by atoms with Gasteiger partial charge in [-0.25, -0.2) is 9.97 Å². The maximum Gasteiger partial charge on any atom is 0.134 e. The third kappa shape index (κ3) is 3.97. The molecule has 3 nitrogen and oxygen atoms in total. The zero-order chi connectivity index (χ0) is 12.2. The van der Waals surface area contributed by atoms with Crippen LogP contribution in [0.2, 0.25) is 5.15 Å². The highest BCUT2D eigenvalue weighted by atomic mass is 35.5. The fourth-order valence-corrected chi connectivity index (χ4v) is 1.50. The van der Waals surface area contributed by atoms with Crippen LogP contribution in [-0.4, -0.2) is 15.5 Å². The van der Waals surface area contributed by atoms with Crippen LogP contribution in [0.15, 0.2) is 6.07 Å². The molecular weight excluding hydrogens is 222 g/mol. The minimum absolute atomic E-state index is 0.0289. The van der Waals surface area contributed by atoms with Gasteiger partial charge in [0.15, 0.2) is 0 Å². The summed E-state index contributed by atoms with van der Waals surface area (Å²) in [6.07, 6.45) is 2.91. The molecule has 1 rings (SSSR count). The first kappa shape index (κ1) is 13.2. The number of nitrogens with zero attached hydrogens (tertiary/aromatic N) is 2. The van der Waals surface area contributed by atoms with Crippen LogP contribution in [-0.2, 0) is 6.42 Å². The van der Waals surface area contributed by atoms with Crippen molar-refractivity contribution in [2.45, 2.75) is 52.5 Å². The van der Waals surface area contributed by atoms with E-state index < -0.39 is 0 Å². The summed E-state index contributed by atoms with van der Waals surface area (Å²) < 4.78 is 0. The molecule has 0 aliphatic rings. The van der Waals surface area contributed by atoms with Crippen molar-refractivity contribution in [1.29, 1.82) is 0 Å². The highest BCUT2D eigenvalue weighted by molar-refractivity contribution is 6.29. The fourth-order valence-electron chi connectivity index (χ4n) is 1.30. The normalized spacial score (nSPS) is 11.6.